The summed E-state index contributed by atoms with van der Waals surface area (Å²) in [7, 11) is 0. The fourth-order valence-electron chi connectivity index (χ4n) is 3.36. The molecule has 0 spiro atoms. The van der Waals surface area contributed by atoms with Crippen LogP contribution >= 0.6 is 0 Å². The smallest absolute Gasteiger partial charge is 0.258 e. The van der Waals surface area contributed by atoms with Crippen molar-refractivity contribution in [2.75, 3.05) is 4.90 Å². The predicted octanol–water partition coefficient (Wildman–Crippen LogP) is 2.04. The lowest BCUT2D eigenvalue weighted by atomic mass is 9.92. The van der Waals surface area contributed by atoms with Gasteiger partial charge in [0.25, 0.3) is 23.6 Å². The van der Waals surface area contributed by atoms with E-state index in [0.717, 1.165) is 23.3 Å². The van der Waals surface area contributed by atoms with E-state index >= 15 is 0 Å². The van der Waals surface area contributed by atoms with Crippen LogP contribution in [0, 0.1) is 5.92 Å². The number of rotatable bonds is 4. The molecule has 27 heavy (non-hydrogen) atoms. The zero-order valence-electron chi connectivity index (χ0n) is 14.4. The van der Waals surface area contributed by atoms with Crippen LogP contribution in [0.1, 0.15) is 12.0 Å². The van der Waals surface area contributed by atoms with Crippen molar-refractivity contribution in [2.24, 2.45) is 5.92 Å². The Hall–Kier alpha value is -3.54. The summed E-state index contributed by atoms with van der Waals surface area (Å²) in [5.74, 6) is -1.05. The second-order valence-corrected chi connectivity index (χ2v) is 6.54. The van der Waals surface area contributed by atoms with Crippen LogP contribution in [0.2, 0.25) is 0 Å². The molecule has 0 saturated carbocycles. The van der Waals surface area contributed by atoms with Crippen LogP contribution in [0.15, 0.2) is 72.5 Å². The van der Waals surface area contributed by atoms with Crippen molar-refractivity contribution >= 4 is 29.3 Å². The molecular formula is C21H16N2O4. The molecule has 6 heteroatoms. The highest BCUT2D eigenvalue weighted by Crippen LogP contribution is 2.26. The number of hydrogen-bond acceptors (Lipinski definition) is 4. The summed E-state index contributed by atoms with van der Waals surface area (Å²) in [4.78, 5) is 49.2. The number of hydrogen-bond donors (Lipinski definition) is 0. The fourth-order valence-corrected chi connectivity index (χ4v) is 3.36. The number of anilines is 1. The van der Waals surface area contributed by atoms with E-state index in [0.29, 0.717) is 11.4 Å². The standard InChI is InChI=1S/C21H16N2O4/c24-18-9-10-19(25)22(18)16-5-1-14(2-6-16)13-15-3-7-17(8-4-15)23-20(26)11-12-21(23)27/h1-3,5-12,15H,4,13H2. The molecule has 6 nitrogen and oxygen atoms in total. The Morgan fingerprint density at radius 1 is 0.741 bits per heavy atom. The zero-order valence-corrected chi connectivity index (χ0v) is 14.4. The molecular weight excluding hydrogens is 344 g/mol. The summed E-state index contributed by atoms with van der Waals surface area (Å²) in [5.41, 5.74) is 2.24. The number of allylic oxidation sites excluding steroid dienone is 3. The minimum absolute atomic E-state index is 0.247. The quantitative estimate of drug-likeness (QED) is 0.770. The summed E-state index contributed by atoms with van der Waals surface area (Å²) in [6, 6.07) is 7.33. The Labute approximate surface area is 155 Å². The molecule has 2 heterocycles. The predicted molar refractivity (Wildman–Crippen MR) is 98.1 cm³/mol. The van der Waals surface area contributed by atoms with Gasteiger partial charge in [0.05, 0.1) is 5.69 Å². The summed E-state index contributed by atoms with van der Waals surface area (Å²) < 4.78 is 0. The van der Waals surface area contributed by atoms with Crippen LogP contribution in [0.5, 0.6) is 0 Å². The van der Waals surface area contributed by atoms with Gasteiger partial charge in [-0.25, -0.2) is 9.80 Å². The summed E-state index contributed by atoms with van der Waals surface area (Å²) in [6.45, 7) is 0. The number of benzene rings is 1. The van der Waals surface area contributed by atoms with Gasteiger partial charge in [-0.05, 0) is 42.5 Å². The van der Waals surface area contributed by atoms with E-state index in [1.54, 1.807) is 18.2 Å². The van der Waals surface area contributed by atoms with Gasteiger partial charge >= 0.3 is 0 Å². The van der Waals surface area contributed by atoms with Crippen molar-refractivity contribution in [1.29, 1.82) is 0 Å². The molecule has 2 aliphatic heterocycles. The fraction of sp³-hybridized carbons (Fsp3) is 0.143. The maximum absolute atomic E-state index is 11.7. The van der Waals surface area contributed by atoms with Crippen LogP contribution in [-0.4, -0.2) is 28.5 Å². The van der Waals surface area contributed by atoms with Crippen molar-refractivity contribution in [3.05, 3.63) is 78.1 Å². The van der Waals surface area contributed by atoms with Crippen molar-refractivity contribution in [2.45, 2.75) is 12.8 Å². The van der Waals surface area contributed by atoms with Gasteiger partial charge in [-0.15, -0.1) is 0 Å². The van der Waals surface area contributed by atoms with Gasteiger partial charge in [0.2, 0.25) is 0 Å². The Kier molecular flexibility index (Phi) is 4.16. The van der Waals surface area contributed by atoms with Gasteiger partial charge in [0.15, 0.2) is 0 Å². The van der Waals surface area contributed by atoms with Crippen LogP contribution in [0.3, 0.4) is 0 Å². The van der Waals surface area contributed by atoms with Gasteiger partial charge in [0.1, 0.15) is 0 Å². The lowest BCUT2D eigenvalue weighted by Crippen LogP contribution is -2.29. The van der Waals surface area contributed by atoms with E-state index in [1.807, 2.05) is 24.3 Å². The molecule has 1 unspecified atom stereocenters. The first-order chi connectivity index (χ1) is 13.0. The van der Waals surface area contributed by atoms with Crippen LogP contribution in [-0.2, 0) is 25.6 Å². The molecule has 0 saturated heterocycles. The van der Waals surface area contributed by atoms with E-state index < -0.39 is 0 Å². The Morgan fingerprint density at radius 2 is 1.30 bits per heavy atom. The van der Waals surface area contributed by atoms with Crippen molar-refractivity contribution < 1.29 is 19.2 Å². The molecule has 0 bridgehead atoms. The summed E-state index contributed by atoms with van der Waals surface area (Å²) >= 11 is 0. The van der Waals surface area contributed by atoms with Crippen LogP contribution in [0.4, 0.5) is 5.69 Å². The third-order valence-corrected chi connectivity index (χ3v) is 4.74. The lowest BCUT2D eigenvalue weighted by Gasteiger charge is -2.21. The van der Waals surface area contributed by atoms with E-state index in [9.17, 15) is 19.2 Å². The topological polar surface area (TPSA) is 74.8 Å². The van der Waals surface area contributed by atoms with E-state index in [2.05, 4.69) is 0 Å². The van der Waals surface area contributed by atoms with Crippen molar-refractivity contribution in [3.8, 4) is 0 Å². The first kappa shape index (κ1) is 16.9. The van der Waals surface area contributed by atoms with Gasteiger partial charge in [-0.3, -0.25) is 19.2 Å². The average molecular weight is 360 g/mol. The Bertz CT molecular complexity index is 930. The zero-order chi connectivity index (χ0) is 19.0. The average Bonchev–Trinajstić information content (AvgIpc) is 3.18. The molecule has 4 amide bonds. The summed E-state index contributed by atoms with van der Waals surface area (Å²) in [6.07, 6.45) is 12.3. The number of imide groups is 2. The molecule has 1 atom stereocenters. The first-order valence-electron chi connectivity index (χ1n) is 8.62. The van der Waals surface area contributed by atoms with Gasteiger partial charge in [0, 0.05) is 30.0 Å². The molecule has 134 valence electrons. The number of carbonyl (C=O) groups is 4. The minimum atomic E-state index is -0.332. The number of carbonyl (C=O) groups excluding carboxylic acids is 4. The van der Waals surface area contributed by atoms with Gasteiger partial charge in [-0.2, -0.15) is 0 Å². The maximum atomic E-state index is 11.7. The van der Waals surface area contributed by atoms with Crippen molar-refractivity contribution in [1.82, 2.24) is 4.90 Å². The third-order valence-electron chi connectivity index (χ3n) is 4.74. The molecule has 0 fully saturated rings. The van der Waals surface area contributed by atoms with E-state index in [1.165, 1.54) is 29.2 Å². The molecule has 3 aliphatic rings. The SMILES string of the molecule is O=C1C=CC(=O)N1C1=CCC(Cc2ccc(N3C(=O)C=CC3=O)cc2)C=C1. The second kappa shape index (κ2) is 6.64. The molecule has 4 rings (SSSR count). The Balaban J connectivity index is 1.39. The van der Waals surface area contributed by atoms with Gasteiger partial charge < -0.3 is 0 Å². The van der Waals surface area contributed by atoms with Gasteiger partial charge in [-0.1, -0.05) is 24.3 Å². The normalized spacial score (nSPS) is 21.6. The summed E-state index contributed by atoms with van der Waals surface area (Å²) in [5, 5.41) is 0. The third kappa shape index (κ3) is 3.17. The highest BCUT2D eigenvalue weighted by Gasteiger charge is 2.27. The molecule has 1 aromatic carbocycles. The van der Waals surface area contributed by atoms with E-state index in [-0.39, 0.29) is 29.5 Å². The monoisotopic (exact) mass is 360 g/mol. The molecule has 0 N–H and O–H groups in total. The Morgan fingerprint density at radius 3 is 1.81 bits per heavy atom. The number of amides is 4. The minimum Gasteiger partial charge on any atom is -0.269 e. The van der Waals surface area contributed by atoms with Crippen LogP contribution in [0.25, 0.3) is 0 Å². The number of nitrogens with zero attached hydrogens (tertiary/aromatic N) is 2. The molecule has 1 aromatic rings. The highest BCUT2D eigenvalue weighted by atomic mass is 16.2. The lowest BCUT2D eigenvalue weighted by molar-refractivity contribution is -0.134. The van der Waals surface area contributed by atoms with Crippen LogP contribution < -0.4 is 4.90 Å². The van der Waals surface area contributed by atoms with Crippen molar-refractivity contribution in [3.63, 3.8) is 0 Å². The molecule has 1 aliphatic carbocycles. The maximum Gasteiger partial charge on any atom is 0.258 e. The molecule has 0 radical (unpaired) electrons. The molecule has 0 aromatic heterocycles. The largest absolute Gasteiger partial charge is 0.269 e. The first-order valence-corrected chi connectivity index (χ1v) is 8.62. The highest BCUT2D eigenvalue weighted by molar-refractivity contribution is 6.28. The van der Waals surface area contributed by atoms with E-state index in [4.69, 9.17) is 0 Å². The second-order valence-electron chi connectivity index (χ2n) is 6.54.